The van der Waals surface area contributed by atoms with Gasteiger partial charge in [0.05, 0.1) is 17.9 Å². The Morgan fingerprint density at radius 2 is 1.87 bits per heavy atom. The Kier molecular flexibility index (Phi) is 5.59. The number of hydrogen-bond donors (Lipinski definition) is 0. The summed E-state index contributed by atoms with van der Waals surface area (Å²) in [5.74, 6) is -3.27. The van der Waals surface area contributed by atoms with Crippen LogP contribution in [0, 0.1) is 5.82 Å². The van der Waals surface area contributed by atoms with E-state index < -0.39 is 23.3 Å². The Hall–Kier alpha value is -1.67. The number of Topliss-reactive ketones (excluding diaryl/α,β-unsaturated/α-hetero) is 1. The van der Waals surface area contributed by atoms with Crippen LogP contribution in [-0.4, -0.2) is 63.3 Å². The first-order valence-electron chi connectivity index (χ1n) is 7.21. The van der Waals surface area contributed by atoms with Crippen LogP contribution in [-0.2, 0) is 4.74 Å². The van der Waals surface area contributed by atoms with Crippen molar-refractivity contribution in [2.24, 2.45) is 0 Å². The molecular weight excluding hydrogens is 316 g/mol. The van der Waals surface area contributed by atoms with Gasteiger partial charge in [-0.15, -0.1) is 0 Å². The Labute approximate surface area is 131 Å². The molecule has 0 saturated carbocycles. The van der Waals surface area contributed by atoms with Crippen LogP contribution >= 0.6 is 0 Å². The fourth-order valence-corrected chi connectivity index (χ4v) is 2.52. The molecule has 128 valence electrons. The van der Waals surface area contributed by atoms with Crippen LogP contribution in [0.5, 0.6) is 0 Å². The van der Waals surface area contributed by atoms with Crippen LogP contribution in [0.4, 0.5) is 23.2 Å². The van der Waals surface area contributed by atoms with Gasteiger partial charge in [-0.2, -0.15) is 13.2 Å². The normalized spacial score (nSPS) is 16.7. The van der Waals surface area contributed by atoms with E-state index in [1.54, 1.807) is 12.0 Å². The monoisotopic (exact) mass is 334 g/mol. The highest BCUT2D eigenvalue weighted by molar-refractivity contribution is 6.01. The van der Waals surface area contributed by atoms with Gasteiger partial charge in [0, 0.05) is 39.8 Å². The number of halogens is 4. The van der Waals surface area contributed by atoms with Gasteiger partial charge in [-0.25, -0.2) is 4.39 Å². The lowest BCUT2D eigenvalue weighted by atomic mass is 10.1. The highest BCUT2D eigenvalue weighted by Crippen LogP contribution is 2.28. The van der Waals surface area contributed by atoms with Crippen LogP contribution in [0.2, 0.25) is 0 Å². The number of benzene rings is 1. The molecule has 1 aromatic rings. The van der Waals surface area contributed by atoms with Crippen molar-refractivity contribution < 1.29 is 27.1 Å². The molecule has 0 aromatic heterocycles. The molecule has 0 bridgehead atoms. The van der Waals surface area contributed by atoms with Crippen LogP contribution < -0.4 is 4.90 Å². The zero-order valence-corrected chi connectivity index (χ0v) is 12.7. The second-order valence-electron chi connectivity index (χ2n) is 5.29. The third kappa shape index (κ3) is 4.20. The Morgan fingerprint density at radius 3 is 2.43 bits per heavy atom. The van der Waals surface area contributed by atoms with Crippen LogP contribution in [0.1, 0.15) is 10.4 Å². The van der Waals surface area contributed by atoms with Crippen molar-refractivity contribution in [1.82, 2.24) is 4.90 Å². The first-order chi connectivity index (χ1) is 10.8. The number of nitrogens with zero attached hydrogens (tertiary/aromatic N) is 2. The van der Waals surface area contributed by atoms with Crippen LogP contribution in [0.3, 0.4) is 0 Å². The lowest BCUT2D eigenvalue weighted by Gasteiger charge is -2.36. The second kappa shape index (κ2) is 7.27. The Bertz CT molecular complexity index is 555. The molecule has 4 nitrogen and oxygen atoms in total. The van der Waals surface area contributed by atoms with E-state index in [-0.39, 0.29) is 5.69 Å². The molecule has 0 unspecified atom stereocenters. The number of methoxy groups -OCH3 is 1. The maximum Gasteiger partial charge on any atom is 0.454 e. The van der Waals surface area contributed by atoms with Crippen molar-refractivity contribution >= 4 is 11.5 Å². The summed E-state index contributed by atoms with van der Waals surface area (Å²) >= 11 is 0. The standard InChI is InChI=1S/C15H18F4N2O2/c1-23-10-9-20-5-7-21(8-6-20)12-4-2-3-11(13(12)16)14(22)15(17,18)19/h2-4H,5-10H2,1H3. The molecule has 8 heteroatoms. The largest absolute Gasteiger partial charge is 0.454 e. The minimum absolute atomic E-state index is 0.0338. The maximum absolute atomic E-state index is 14.3. The predicted octanol–water partition coefficient (Wildman–Crippen LogP) is 2.34. The smallest absolute Gasteiger partial charge is 0.383 e. The van der Waals surface area contributed by atoms with Crippen molar-refractivity contribution in [3.8, 4) is 0 Å². The van der Waals surface area contributed by atoms with E-state index in [0.29, 0.717) is 32.8 Å². The number of rotatable bonds is 5. The molecule has 23 heavy (non-hydrogen) atoms. The predicted molar refractivity (Wildman–Crippen MR) is 77.3 cm³/mol. The molecule has 1 aromatic carbocycles. The summed E-state index contributed by atoms with van der Waals surface area (Å²) in [6, 6.07) is 3.53. The third-order valence-corrected chi connectivity index (χ3v) is 3.81. The molecule has 1 saturated heterocycles. The summed E-state index contributed by atoms with van der Waals surface area (Å²) in [4.78, 5) is 15.1. The van der Waals surface area contributed by atoms with Gasteiger partial charge in [0.2, 0.25) is 0 Å². The molecular formula is C15H18F4N2O2. The van der Waals surface area contributed by atoms with Crippen molar-refractivity contribution in [3.05, 3.63) is 29.6 Å². The lowest BCUT2D eigenvalue weighted by molar-refractivity contribution is -0.0887. The highest BCUT2D eigenvalue weighted by atomic mass is 19.4. The molecule has 0 amide bonds. The van der Waals surface area contributed by atoms with Gasteiger partial charge in [-0.3, -0.25) is 9.69 Å². The summed E-state index contributed by atoms with van der Waals surface area (Å²) in [6.07, 6.45) is -5.09. The zero-order chi connectivity index (χ0) is 17.0. The number of carbonyl (C=O) groups is 1. The SMILES string of the molecule is COCCN1CCN(c2cccc(C(=O)C(F)(F)F)c2F)CC1. The molecule has 0 atom stereocenters. The molecule has 1 fully saturated rings. The van der Waals surface area contributed by atoms with Gasteiger partial charge in [0.15, 0.2) is 5.82 Å². The fraction of sp³-hybridized carbons (Fsp3) is 0.533. The van der Waals surface area contributed by atoms with Crippen molar-refractivity contribution in [3.63, 3.8) is 0 Å². The zero-order valence-electron chi connectivity index (χ0n) is 12.7. The van der Waals surface area contributed by atoms with Gasteiger partial charge in [-0.1, -0.05) is 6.07 Å². The topological polar surface area (TPSA) is 32.8 Å². The molecule has 1 heterocycles. The number of ketones is 1. The van der Waals surface area contributed by atoms with E-state index in [9.17, 15) is 22.4 Å². The first-order valence-corrected chi connectivity index (χ1v) is 7.21. The average molecular weight is 334 g/mol. The van der Waals surface area contributed by atoms with Crippen LogP contribution in [0.25, 0.3) is 0 Å². The van der Waals surface area contributed by atoms with Crippen molar-refractivity contribution in [2.45, 2.75) is 6.18 Å². The number of alkyl halides is 3. The number of piperazine rings is 1. The van der Waals surface area contributed by atoms with Gasteiger partial charge in [-0.05, 0) is 12.1 Å². The lowest BCUT2D eigenvalue weighted by Crippen LogP contribution is -2.47. The number of carbonyl (C=O) groups excluding carboxylic acids is 1. The minimum Gasteiger partial charge on any atom is -0.383 e. The molecule has 0 aliphatic carbocycles. The van der Waals surface area contributed by atoms with Gasteiger partial charge in [0.1, 0.15) is 0 Å². The number of anilines is 1. The highest BCUT2D eigenvalue weighted by Gasteiger charge is 2.41. The molecule has 0 N–H and O–H groups in total. The van der Waals surface area contributed by atoms with Crippen molar-refractivity contribution in [2.75, 3.05) is 51.3 Å². The van der Waals surface area contributed by atoms with E-state index in [0.717, 1.165) is 12.6 Å². The van der Waals surface area contributed by atoms with Gasteiger partial charge < -0.3 is 9.64 Å². The van der Waals surface area contributed by atoms with E-state index >= 15 is 0 Å². The summed E-state index contributed by atoms with van der Waals surface area (Å²) < 4.78 is 56.9. The molecule has 2 rings (SSSR count). The summed E-state index contributed by atoms with van der Waals surface area (Å²) in [7, 11) is 1.61. The quantitative estimate of drug-likeness (QED) is 0.611. The fourth-order valence-electron chi connectivity index (χ4n) is 2.52. The van der Waals surface area contributed by atoms with E-state index in [4.69, 9.17) is 4.74 Å². The maximum atomic E-state index is 14.3. The summed E-state index contributed by atoms with van der Waals surface area (Å²) in [5.41, 5.74) is -0.900. The molecule has 1 aliphatic rings. The summed E-state index contributed by atoms with van der Waals surface area (Å²) in [6.45, 7) is 3.60. The van der Waals surface area contributed by atoms with Gasteiger partial charge >= 0.3 is 6.18 Å². The molecule has 1 aliphatic heterocycles. The molecule has 0 spiro atoms. The minimum atomic E-state index is -5.09. The van der Waals surface area contributed by atoms with Crippen molar-refractivity contribution in [1.29, 1.82) is 0 Å². The average Bonchev–Trinajstić information content (AvgIpc) is 2.52. The number of hydrogen-bond acceptors (Lipinski definition) is 4. The second-order valence-corrected chi connectivity index (χ2v) is 5.29. The third-order valence-electron chi connectivity index (χ3n) is 3.81. The van der Waals surface area contributed by atoms with E-state index in [2.05, 4.69) is 4.90 Å². The Balaban J connectivity index is 2.12. The van der Waals surface area contributed by atoms with E-state index in [1.807, 2.05) is 0 Å². The Morgan fingerprint density at radius 1 is 1.22 bits per heavy atom. The van der Waals surface area contributed by atoms with Crippen LogP contribution in [0.15, 0.2) is 18.2 Å². The molecule has 0 radical (unpaired) electrons. The van der Waals surface area contributed by atoms with Gasteiger partial charge in [0.25, 0.3) is 5.78 Å². The number of ether oxygens (including phenoxy) is 1. The van der Waals surface area contributed by atoms with E-state index in [1.165, 1.54) is 12.1 Å². The first kappa shape index (κ1) is 17.7. The summed E-state index contributed by atoms with van der Waals surface area (Å²) in [5, 5.41) is 0.